The number of halogens is 4. The Morgan fingerprint density at radius 1 is 0.711 bits per heavy atom. The molecular formula is C33H30F4O. The molecule has 0 N–H and O–H groups in total. The van der Waals surface area contributed by atoms with Crippen LogP contribution in [0.2, 0.25) is 0 Å². The third-order valence-electron chi connectivity index (χ3n) is 6.55. The maximum Gasteiger partial charge on any atom is 0.387 e. The Morgan fingerprint density at radius 2 is 1.42 bits per heavy atom. The first-order valence-electron chi connectivity index (χ1n) is 13.0. The predicted octanol–water partition coefficient (Wildman–Crippen LogP) is 9.03. The summed E-state index contributed by atoms with van der Waals surface area (Å²) in [5, 5.41) is 1.24. The molecule has 0 saturated heterocycles. The van der Waals surface area contributed by atoms with Crippen LogP contribution in [0.25, 0.3) is 10.8 Å². The highest BCUT2D eigenvalue weighted by atomic mass is 19.3. The minimum absolute atomic E-state index is 0.174. The average Bonchev–Trinajstić information content (AvgIpc) is 2.91. The monoisotopic (exact) mass is 518 g/mol. The molecule has 0 bridgehead atoms. The zero-order chi connectivity index (χ0) is 26.9. The van der Waals surface area contributed by atoms with Crippen LogP contribution in [0.3, 0.4) is 0 Å². The number of benzene rings is 4. The molecule has 0 spiro atoms. The molecule has 4 rings (SSSR count). The standard InChI is InChI=1S/C33H30F4O/c1-2-3-4-5-6-23-7-9-24(10-8-23)11-12-25-14-19-29-28(21-25)18-17-27(32(29)35)16-13-26-15-20-31(30(34)22-26)38-33(36)37/h7-10,14-15,17-22,33H,2-6,11-12H2,1H3. The van der Waals surface area contributed by atoms with E-state index < -0.39 is 24.0 Å². The average molecular weight is 519 g/mol. The van der Waals surface area contributed by atoms with Gasteiger partial charge in [-0.2, -0.15) is 8.78 Å². The SMILES string of the molecule is CCCCCCc1ccc(CCc2ccc3c(F)c(C#Cc4ccc(OC(F)F)c(F)c4)ccc3c2)cc1. The molecule has 38 heavy (non-hydrogen) atoms. The number of fused-ring (bicyclic) bond motifs is 1. The largest absolute Gasteiger partial charge is 0.432 e. The molecule has 196 valence electrons. The summed E-state index contributed by atoms with van der Waals surface area (Å²) in [7, 11) is 0. The second kappa shape index (κ2) is 13.1. The van der Waals surface area contributed by atoms with Crippen LogP contribution in [0.5, 0.6) is 5.75 Å². The van der Waals surface area contributed by atoms with Crippen LogP contribution in [0.1, 0.15) is 60.4 Å². The Kier molecular flexibility index (Phi) is 9.43. The number of hydrogen-bond acceptors (Lipinski definition) is 1. The van der Waals surface area contributed by atoms with Gasteiger partial charge in [-0.3, -0.25) is 0 Å². The molecule has 0 amide bonds. The maximum absolute atomic E-state index is 15.1. The van der Waals surface area contributed by atoms with Crippen molar-refractivity contribution in [3.05, 3.63) is 112 Å². The van der Waals surface area contributed by atoms with E-state index in [1.165, 1.54) is 42.9 Å². The Labute approximate surface area is 221 Å². The molecule has 0 heterocycles. The van der Waals surface area contributed by atoms with E-state index in [-0.39, 0.29) is 11.1 Å². The fourth-order valence-electron chi connectivity index (χ4n) is 4.42. The van der Waals surface area contributed by atoms with Crippen LogP contribution in [0.4, 0.5) is 17.6 Å². The first kappa shape index (κ1) is 27.3. The molecule has 0 atom stereocenters. The summed E-state index contributed by atoms with van der Waals surface area (Å²) in [6.07, 6.45) is 7.95. The van der Waals surface area contributed by atoms with E-state index in [1.54, 1.807) is 12.1 Å². The van der Waals surface area contributed by atoms with Crippen LogP contribution in [-0.2, 0) is 19.3 Å². The van der Waals surface area contributed by atoms with Gasteiger partial charge in [0.05, 0.1) is 5.56 Å². The smallest absolute Gasteiger partial charge is 0.387 e. The van der Waals surface area contributed by atoms with E-state index >= 15 is 4.39 Å². The van der Waals surface area contributed by atoms with Crippen LogP contribution < -0.4 is 4.74 Å². The van der Waals surface area contributed by atoms with Gasteiger partial charge in [-0.25, -0.2) is 8.78 Å². The summed E-state index contributed by atoms with van der Waals surface area (Å²) in [6.45, 7) is -0.897. The summed E-state index contributed by atoms with van der Waals surface area (Å²) in [4.78, 5) is 0. The van der Waals surface area contributed by atoms with Gasteiger partial charge < -0.3 is 4.74 Å². The van der Waals surface area contributed by atoms with Crippen molar-refractivity contribution < 1.29 is 22.3 Å². The van der Waals surface area contributed by atoms with Crippen molar-refractivity contribution in [2.24, 2.45) is 0 Å². The first-order chi connectivity index (χ1) is 18.4. The molecule has 4 aromatic carbocycles. The Morgan fingerprint density at radius 3 is 2.13 bits per heavy atom. The van der Waals surface area contributed by atoms with Gasteiger partial charge >= 0.3 is 6.61 Å². The van der Waals surface area contributed by atoms with Crippen molar-refractivity contribution in [1.29, 1.82) is 0 Å². The summed E-state index contributed by atoms with van der Waals surface area (Å²) < 4.78 is 57.7. The number of hydrogen-bond donors (Lipinski definition) is 0. The molecule has 1 nitrogen and oxygen atoms in total. The molecule has 5 heteroatoms. The lowest BCUT2D eigenvalue weighted by molar-refractivity contribution is -0.0521. The maximum atomic E-state index is 15.1. The second-order valence-electron chi connectivity index (χ2n) is 9.38. The van der Waals surface area contributed by atoms with Crippen LogP contribution in [-0.4, -0.2) is 6.61 Å². The van der Waals surface area contributed by atoms with Crippen molar-refractivity contribution in [2.75, 3.05) is 0 Å². The third-order valence-corrected chi connectivity index (χ3v) is 6.55. The van der Waals surface area contributed by atoms with Gasteiger partial charge in [0, 0.05) is 10.9 Å². The second-order valence-corrected chi connectivity index (χ2v) is 9.38. The number of alkyl halides is 2. The first-order valence-corrected chi connectivity index (χ1v) is 13.0. The van der Waals surface area contributed by atoms with Crippen LogP contribution >= 0.6 is 0 Å². The molecule has 0 saturated carbocycles. The van der Waals surface area contributed by atoms with Gasteiger partial charge in [0.2, 0.25) is 0 Å². The van der Waals surface area contributed by atoms with Crippen molar-refractivity contribution in [3.8, 4) is 17.6 Å². The quantitative estimate of drug-likeness (QED) is 0.116. The van der Waals surface area contributed by atoms with Crippen molar-refractivity contribution in [2.45, 2.75) is 58.5 Å². The zero-order valence-corrected chi connectivity index (χ0v) is 21.4. The molecule has 4 aromatic rings. The van der Waals surface area contributed by atoms with Crippen LogP contribution in [0, 0.1) is 23.5 Å². The summed E-state index contributed by atoms with van der Waals surface area (Å²) in [5.41, 5.74) is 4.19. The summed E-state index contributed by atoms with van der Waals surface area (Å²) >= 11 is 0. The van der Waals surface area contributed by atoms with Gasteiger partial charge in [0.1, 0.15) is 5.82 Å². The van der Waals surface area contributed by atoms with E-state index in [0.29, 0.717) is 5.39 Å². The highest BCUT2D eigenvalue weighted by Gasteiger charge is 2.10. The summed E-state index contributed by atoms with van der Waals surface area (Å²) in [6, 6.07) is 21.4. The third kappa shape index (κ3) is 7.38. The van der Waals surface area contributed by atoms with Gasteiger partial charge in [0.25, 0.3) is 0 Å². The van der Waals surface area contributed by atoms with Crippen molar-refractivity contribution >= 4 is 10.8 Å². The van der Waals surface area contributed by atoms with E-state index in [4.69, 9.17) is 0 Å². The molecule has 0 fully saturated rings. The number of rotatable bonds is 10. The van der Waals surface area contributed by atoms with Gasteiger partial charge in [-0.1, -0.05) is 86.6 Å². The number of unbranched alkanes of at least 4 members (excludes halogenated alkanes) is 3. The van der Waals surface area contributed by atoms with E-state index in [0.717, 1.165) is 42.3 Å². The fourth-order valence-corrected chi connectivity index (χ4v) is 4.42. The molecule has 0 radical (unpaired) electrons. The molecule has 0 unspecified atom stereocenters. The molecule has 0 aliphatic rings. The molecular weight excluding hydrogens is 488 g/mol. The Bertz CT molecular complexity index is 1430. The minimum atomic E-state index is -3.12. The van der Waals surface area contributed by atoms with Gasteiger partial charge in [-0.05, 0) is 72.0 Å². The zero-order valence-electron chi connectivity index (χ0n) is 21.4. The normalized spacial score (nSPS) is 11.0. The summed E-state index contributed by atoms with van der Waals surface area (Å²) in [5.74, 6) is 3.43. The Balaban J connectivity index is 1.40. The lowest BCUT2D eigenvalue weighted by Crippen LogP contribution is -2.03. The Hall–Kier alpha value is -3.78. The lowest BCUT2D eigenvalue weighted by atomic mass is 9.98. The number of aryl methyl sites for hydroxylation is 3. The van der Waals surface area contributed by atoms with Crippen LogP contribution in [0.15, 0.2) is 72.8 Å². The highest BCUT2D eigenvalue weighted by Crippen LogP contribution is 2.24. The van der Waals surface area contributed by atoms with E-state index in [2.05, 4.69) is 47.8 Å². The number of ether oxygens (including phenoxy) is 1. The molecule has 0 aliphatic heterocycles. The minimum Gasteiger partial charge on any atom is -0.432 e. The van der Waals surface area contributed by atoms with Gasteiger partial charge in [0.15, 0.2) is 11.6 Å². The topological polar surface area (TPSA) is 9.23 Å². The lowest BCUT2D eigenvalue weighted by Gasteiger charge is -2.07. The fraction of sp³-hybridized carbons (Fsp3) is 0.273. The van der Waals surface area contributed by atoms with E-state index in [1.807, 2.05) is 18.2 Å². The van der Waals surface area contributed by atoms with Gasteiger partial charge in [-0.15, -0.1) is 0 Å². The van der Waals surface area contributed by atoms with Crippen molar-refractivity contribution in [3.63, 3.8) is 0 Å². The highest BCUT2D eigenvalue weighted by molar-refractivity contribution is 5.85. The van der Waals surface area contributed by atoms with E-state index in [9.17, 15) is 13.2 Å². The van der Waals surface area contributed by atoms with Crippen molar-refractivity contribution in [1.82, 2.24) is 0 Å². The predicted molar refractivity (Wildman–Crippen MR) is 145 cm³/mol. The molecule has 0 aliphatic carbocycles. The molecule has 0 aromatic heterocycles.